The van der Waals surface area contributed by atoms with E-state index in [2.05, 4.69) is 10.1 Å². The van der Waals surface area contributed by atoms with Gasteiger partial charge in [-0.1, -0.05) is 11.6 Å². The molecule has 0 bridgehead atoms. The molecule has 0 amide bonds. The highest BCUT2D eigenvalue weighted by atomic mass is 35.5. The highest BCUT2D eigenvalue weighted by molar-refractivity contribution is 7.84. The molecule has 2 aromatic heterocycles. The average molecular weight is 255 g/mol. The third-order valence-electron chi connectivity index (χ3n) is 2.07. The molecule has 82 valence electrons. The van der Waals surface area contributed by atoms with E-state index in [0.717, 1.165) is 0 Å². The minimum absolute atomic E-state index is 0.233. The summed E-state index contributed by atoms with van der Waals surface area (Å²) in [5.74, 6) is 0. The molecule has 2 heterocycles. The van der Waals surface area contributed by atoms with Crippen LogP contribution in [0.15, 0.2) is 11.2 Å². The van der Waals surface area contributed by atoms with E-state index in [1.807, 2.05) is 6.07 Å². The lowest BCUT2D eigenvalue weighted by Gasteiger charge is -2.00. The molecule has 7 heteroatoms. The van der Waals surface area contributed by atoms with Crippen LogP contribution in [-0.2, 0) is 10.8 Å². The molecule has 0 aliphatic rings. The molecule has 16 heavy (non-hydrogen) atoms. The summed E-state index contributed by atoms with van der Waals surface area (Å²) in [4.78, 5) is 4.11. The highest BCUT2D eigenvalue weighted by Crippen LogP contribution is 2.21. The van der Waals surface area contributed by atoms with Crippen molar-refractivity contribution in [3.63, 3.8) is 0 Å². The zero-order chi connectivity index (χ0) is 11.9. The lowest BCUT2D eigenvalue weighted by atomic mass is 10.4. The second kappa shape index (κ2) is 3.85. The smallest absolute Gasteiger partial charge is 0.175 e. The van der Waals surface area contributed by atoms with Crippen LogP contribution in [0.3, 0.4) is 0 Å². The van der Waals surface area contributed by atoms with Gasteiger partial charge in [-0.3, -0.25) is 4.21 Å². The van der Waals surface area contributed by atoms with E-state index < -0.39 is 10.8 Å². The number of hydrogen-bond donors (Lipinski definition) is 0. The number of aromatic nitrogens is 3. The molecule has 0 fully saturated rings. The molecule has 2 rings (SSSR count). The third-order valence-corrected chi connectivity index (χ3v) is 3.37. The Hall–Kier alpha value is -1.45. The van der Waals surface area contributed by atoms with Crippen LogP contribution in [-0.4, -0.2) is 25.1 Å². The zero-order valence-corrected chi connectivity index (χ0v) is 10.1. The van der Waals surface area contributed by atoms with Crippen LogP contribution in [0.1, 0.15) is 11.3 Å². The summed E-state index contributed by atoms with van der Waals surface area (Å²) >= 11 is 5.99. The maximum absolute atomic E-state index is 11.4. The van der Waals surface area contributed by atoms with Crippen molar-refractivity contribution in [1.82, 2.24) is 14.6 Å². The van der Waals surface area contributed by atoms with Gasteiger partial charge < -0.3 is 0 Å². The second-order valence-corrected chi connectivity index (χ2v) is 4.87. The van der Waals surface area contributed by atoms with Crippen molar-refractivity contribution in [1.29, 1.82) is 5.26 Å². The molecule has 0 aliphatic heterocycles. The maximum Gasteiger partial charge on any atom is 0.175 e. The normalized spacial score (nSPS) is 12.6. The minimum atomic E-state index is -1.33. The van der Waals surface area contributed by atoms with E-state index in [-0.39, 0.29) is 10.6 Å². The lowest BCUT2D eigenvalue weighted by molar-refractivity contribution is 0.683. The van der Waals surface area contributed by atoms with Crippen molar-refractivity contribution in [3.05, 3.63) is 22.5 Å². The molecular formula is C9H7ClN4OS. The van der Waals surface area contributed by atoms with Crippen LogP contribution in [0.25, 0.3) is 5.65 Å². The number of halogens is 1. The first-order valence-corrected chi connectivity index (χ1v) is 6.27. The van der Waals surface area contributed by atoms with E-state index in [4.69, 9.17) is 16.9 Å². The Morgan fingerprint density at radius 2 is 2.31 bits per heavy atom. The number of rotatable bonds is 1. The number of nitrogens with zero attached hydrogens (tertiary/aromatic N) is 4. The van der Waals surface area contributed by atoms with Crippen molar-refractivity contribution in [3.8, 4) is 6.07 Å². The van der Waals surface area contributed by atoms with Crippen molar-refractivity contribution < 1.29 is 4.21 Å². The largest absolute Gasteiger partial charge is 0.253 e. The summed E-state index contributed by atoms with van der Waals surface area (Å²) < 4.78 is 12.8. The van der Waals surface area contributed by atoms with Gasteiger partial charge >= 0.3 is 0 Å². The van der Waals surface area contributed by atoms with Gasteiger partial charge in [-0.15, -0.1) is 0 Å². The van der Waals surface area contributed by atoms with Gasteiger partial charge in [0.15, 0.2) is 5.65 Å². The second-order valence-electron chi connectivity index (χ2n) is 3.19. The van der Waals surface area contributed by atoms with Gasteiger partial charge in [0, 0.05) is 6.26 Å². The Bertz CT molecular complexity index is 643. The van der Waals surface area contributed by atoms with Crippen molar-refractivity contribution >= 4 is 28.0 Å². The Morgan fingerprint density at radius 3 is 2.88 bits per heavy atom. The minimum Gasteiger partial charge on any atom is -0.253 e. The summed E-state index contributed by atoms with van der Waals surface area (Å²) in [6.45, 7) is 1.74. The molecule has 2 aromatic rings. The molecule has 0 radical (unpaired) electrons. The number of hydrogen-bond acceptors (Lipinski definition) is 4. The Balaban J connectivity index is 2.87. The summed E-state index contributed by atoms with van der Waals surface area (Å²) in [6.07, 6.45) is 2.95. The van der Waals surface area contributed by atoms with E-state index in [1.54, 1.807) is 6.92 Å². The molecule has 5 nitrogen and oxygen atoms in total. The molecule has 0 saturated heterocycles. The Labute approximate surface area is 99.1 Å². The highest BCUT2D eigenvalue weighted by Gasteiger charge is 2.14. The monoisotopic (exact) mass is 254 g/mol. The van der Waals surface area contributed by atoms with Gasteiger partial charge in [-0.2, -0.15) is 10.4 Å². The van der Waals surface area contributed by atoms with Crippen molar-refractivity contribution in [2.24, 2.45) is 0 Å². The van der Waals surface area contributed by atoms with E-state index in [0.29, 0.717) is 16.4 Å². The van der Waals surface area contributed by atoms with Gasteiger partial charge in [0.2, 0.25) is 0 Å². The first-order chi connectivity index (χ1) is 7.54. The van der Waals surface area contributed by atoms with Crippen molar-refractivity contribution in [2.75, 3.05) is 6.26 Å². The molecule has 1 atom stereocenters. The maximum atomic E-state index is 11.4. The van der Waals surface area contributed by atoms with Gasteiger partial charge in [0.25, 0.3) is 0 Å². The Kier molecular flexibility index (Phi) is 2.66. The summed E-state index contributed by atoms with van der Waals surface area (Å²) in [5, 5.41) is 13.6. The summed E-state index contributed by atoms with van der Waals surface area (Å²) in [5.41, 5.74) is 1.29. The molecule has 0 aromatic carbocycles. The fourth-order valence-electron chi connectivity index (χ4n) is 1.34. The molecule has 0 N–H and O–H groups in total. The lowest BCUT2D eigenvalue weighted by Crippen LogP contribution is -2.01. The van der Waals surface area contributed by atoms with Crippen LogP contribution in [0.5, 0.6) is 0 Å². The first-order valence-electron chi connectivity index (χ1n) is 4.33. The molecular weight excluding hydrogens is 248 g/mol. The SMILES string of the molecule is Cc1nn2cc(C#N)c(S(C)=O)nc2c1Cl. The fraction of sp³-hybridized carbons (Fsp3) is 0.222. The number of nitriles is 1. The average Bonchev–Trinajstić information content (AvgIpc) is 2.53. The van der Waals surface area contributed by atoms with Crippen LogP contribution in [0.2, 0.25) is 5.02 Å². The van der Waals surface area contributed by atoms with Crippen LogP contribution in [0.4, 0.5) is 0 Å². The Morgan fingerprint density at radius 1 is 1.62 bits per heavy atom. The van der Waals surface area contributed by atoms with Gasteiger partial charge in [-0.05, 0) is 6.92 Å². The van der Waals surface area contributed by atoms with Crippen LogP contribution < -0.4 is 0 Å². The molecule has 1 unspecified atom stereocenters. The van der Waals surface area contributed by atoms with E-state index >= 15 is 0 Å². The van der Waals surface area contributed by atoms with E-state index in [1.165, 1.54) is 17.0 Å². The standard InChI is InChI=1S/C9H7ClN4OS/c1-5-7(10)8-12-9(16(2)15)6(3-11)4-14(8)13-5/h4H,1-2H3. The van der Waals surface area contributed by atoms with E-state index in [9.17, 15) is 4.21 Å². The third kappa shape index (κ3) is 1.58. The number of fused-ring (bicyclic) bond motifs is 1. The predicted octanol–water partition coefficient (Wildman–Crippen LogP) is 1.30. The summed E-state index contributed by atoms with van der Waals surface area (Å²) in [7, 11) is -1.33. The van der Waals surface area contributed by atoms with Crippen molar-refractivity contribution in [2.45, 2.75) is 11.9 Å². The van der Waals surface area contributed by atoms with Crippen LogP contribution >= 0.6 is 11.6 Å². The van der Waals surface area contributed by atoms with Gasteiger partial charge in [-0.25, -0.2) is 9.50 Å². The fourth-order valence-corrected chi connectivity index (χ4v) is 2.12. The molecule has 0 aliphatic carbocycles. The number of aryl methyl sites for hydroxylation is 1. The first kappa shape index (κ1) is 11.0. The van der Waals surface area contributed by atoms with Gasteiger partial charge in [0.05, 0.1) is 22.7 Å². The molecule has 0 saturated carbocycles. The van der Waals surface area contributed by atoms with Crippen LogP contribution in [0, 0.1) is 18.3 Å². The molecule has 0 spiro atoms. The zero-order valence-electron chi connectivity index (χ0n) is 8.56. The van der Waals surface area contributed by atoms with Gasteiger partial charge in [0.1, 0.15) is 21.7 Å². The summed E-state index contributed by atoms with van der Waals surface area (Å²) in [6, 6.07) is 1.94. The predicted molar refractivity (Wildman–Crippen MR) is 59.8 cm³/mol. The quantitative estimate of drug-likeness (QED) is 0.719. The topological polar surface area (TPSA) is 71.1 Å².